The van der Waals surface area contributed by atoms with Crippen molar-refractivity contribution in [3.63, 3.8) is 0 Å². The normalized spacial score (nSPS) is 21.0. The highest BCUT2D eigenvalue weighted by molar-refractivity contribution is 5.80. The van der Waals surface area contributed by atoms with Crippen molar-refractivity contribution in [1.82, 2.24) is 24.8 Å². The van der Waals surface area contributed by atoms with Gasteiger partial charge in [-0.15, -0.1) is 0 Å². The summed E-state index contributed by atoms with van der Waals surface area (Å²) in [6, 6.07) is 15.1. The van der Waals surface area contributed by atoms with E-state index in [0.717, 1.165) is 55.7 Å². The Morgan fingerprint density at radius 3 is 2.53 bits per heavy atom. The molecule has 0 saturated carbocycles. The van der Waals surface area contributed by atoms with Crippen molar-refractivity contribution in [1.29, 1.82) is 5.26 Å². The summed E-state index contributed by atoms with van der Waals surface area (Å²) in [5, 5.41) is 22.4. The van der Waals surface area contributed by atoms with Crippen LogP contribution in [0.5, 0.6) is 5.75 Å². The maximum atomic E-state index is 14.9. The van der Waals surface area contributed by atoms with Gasteiger partial charge in [0, 0.05) is 56.1 Å². The second-order valence-electron chi connectivity index (χ2n) is 11.4. The quantitative estimate of drug-likeness (QED) is 0.384. The van der Waals surface area contributed by atoms with Crippen molar-refractivity contribution in [3.8, 4) is 23.2 Å². The summed E-state index contributed by atoms with van der Waals surface area (Å²) in [6.45, 7) is 5.97. The summed E-state index contributed by atoms with van der Waals surface area (Å²) in [5.74, 6) is -3.55. The van der Waals surface area contributed by atoms with Gasteiger partial charge in [-0.25, -0.2) is 18.7 Å². The van der Waals surface area contributed by atoms with Crippen molar-refractivity contribution >= 4 is 23.2 Å². The first kappa shape index (κ1) is 30.6. The van der Waals surface area contributed by atoms with Crippen LogP contribution in [0.25, 0.3) is 11.4 Å². The molecule has 6 rings (SSSR count). The molecule has 14 heteroatoms. The van der Waals surface area contributed by atoms with Crippen molar-refractivity contribution in [2.24, 2.45) is 0 Å². The number of hydrogen-bond acceptors (Lipinski definition) is 11. The standard InChI is InChI=1S/C31H34F2N8O4/c1-20(42)29(43)41-9-8-27(31(32,33)18-41)45-26-7-2-21(14-22(26)15-34)28-35-19-36-30(38-28)37-23-3-5-24(6-4-23)39-10-12-40(13-11-39)25-16-44-17-25/h2-7,14,19-20,25,27,42H,8-13,16-18H2,1H3,(H,35,36,37,38). The van der Waals surface area contributed by atoms with Gasteiger partial charge in [0.25, 0.3) is 5.91 Å². The van der Waals surface area contributed by atoms with E-state index in [2.05, 4.69) is 42.2 Å². The maximum absolute atomic E-state index is 14.9. The monoisotopic (exact) mass is 620 g/mol. The van der Waals surface area contributed by atoms with Gasteiger partial charge in [0.05, 0.1) is 31.4 Å². The minimum absolute atomic E-state index is 0.000879. The van der Waals surface area contributed by atoms with E-state index in [1.165, 1.54) is 25.4 Å². The number of carbonyl (C=O) groups excluding carboxylic acids is 1. The molecule has 2 N–H and O–H groups in total. The SMILES string of the molecule is CC(O)C(=O)N1CCC(Oc2ccc(-c3ncnc(Nc4ccc(N5CCN(C6COC6)CC5)cc4)n3)cc2C#N)C(F)(F)C1. The van der Waals surface area contributed by atoms with E-state index in [0.29, 0.717) is 17.6 Å². The summed E-state index contributed by atoms with van der Waals surface area (Å²) >= 11 is 0. The van der Waals surface area contributed by atoms with Gasteiger partial charge in [-0.3, -0.25) is 9.69 Å². The largest absolute Gasteiger partial charge is 0.483 e. The van der Waals surface area contributed by atoms with Crippen LogP contribution in [-0.2, 0) is 9.53 Å². The number of alkyl halides is 2. The van der Waals surface area contributed by atoms with Gasteiger partial charge >= 0.3 is 5.92 Å². The fourth-order valence-corrected chi connectivity index (χ4v) is 5.69. The third kappa shape index (κ3) is 6.80. The van der Waals surface area contributed by atoms with Crippen molar-refractivity contribution in [2.75, 3.05) is 62.7 Å². The minimum atomic E-state index is -3.37. The zero-order valence-electron chi connectivity index (χ0n) is 24.8. The predicted molar refractivity (Wildman–Crippen MR) is 160 cm³/mol. The van der Waals surface area contributed by atoms with E-state index >= 15 is 0 Å². The van der Waals surface area contributed by atoms with Crippen LogP contribution in [0.2, 0.25) is 0 Å². The third-order valence-electron chi connectivity index (χ3n) is 8.34. The van der Waals surface area contributed by atoms with E-state index in [4.69, 9.17) is 9.47 Å². The number of piperazine rings is 1. The molecule has 45 heavy (non-hydrogen) atoms. The number of aliphatic hydroxyl groups is 1. The lowest BCUT2D eigenvalue weighted by Gasteiger charge is -2.43. The van der Waals surface area contributed by atoms with Crippen LogP contribution in [0.15, 0.2) is 48.8 Å². The molecule has 2 atom stereocenters. The molecular weight excluding hydrogens is 586 g/mol. The molecule has 0 aliphatic carbocycles. The fourth-order valence-electron chi connectivity index (χ4n) is 5.69. The van der Waals surface area contributed by atoms with E-state index in [-0.39, 0.29) is 30.1 Å². The van der Waals surface area contributed by atoms with Crippen LogP contribution in [0.1, 0.15) is 18.9 Å². The highest BCUT2D eigenvalue weighted by Crippen LogP contribution is 2.34. The van der Waals surface area contributed by atoms with Gasteiger partial charge < -0.3 is 29.7 Å². The number of nitriles is 1. The van der Waals surface area contributed by atoms with Gasteiger partial charge in [0.15, 0.2) is 11.9 Å². The number of aromatic nitrogens is 3. The van der Waals surface area contributed by atoms with Gasteiger partial charge in [-0.05, 0) is 49.4 Å². The Balaban J connectivity index is 1.09. The Hall–Kier alpha value is -4.45. The first-order valence-electron chi connectivity index (χ1n) is 14.9. The molecule has 0 radical (unpaired) electrons. The number of halogens is 2. The summed E-state index contributed by atoms with van der Waals surface area (Å²) in [5.41, 5.74) is 2.46. The number of nitrogens with one attached hydrogen (secondary N) is 1. The second kappa shape index (κ2) is 12.9. The number of carbonyl (C=O) groups is 1. The number of likely N-dealkylation sites (tertiary alicyclic amines) is 1. The summed E-state index contributed by atoms with van der Waals surface area (Å²) < 4.78 is 40.7. The average molecular weight is 621 g/mol. The highest BCUT2D eigenvalue weighted by atomic mass is 19.3. The van der Waals surface area contributed by atoms with Gasteiger partial charge in [0.1, 0.15) is 24.3 Å². The average Bonchev–Trinajstić information content (AvgIpc) is 3.01. The number of hydrogen-bond donors (Lipinski definition) is 2. The lowest BCUT2D eigenvalue weighted by molar-refractivity contribution is -0.165. The smallest absolute Gasteiger partial charge is 0.301 e. The molecule has 0 spiro atoms. The van der Waals surface area contributed by atoms with E-state index in [1.807, 2.05) is 18.2 Å². The lowest BCUT2D eigenvalue weighted by Crippen LogP contribution is -2.56. The van der Waals surface area contributed by atoms with E-state index < -0.39 is 30.6 Å². The topological polar surface area (TPSA) is 140 Å². The molecule has 2 aromatic carbocycles. The number of nitrogens with zero attached hydrogens (tertiary/aromatic N) is 7. The Kier molecular flexibility index (Phi) is 8.75. The molecule has 0 bridgehead atoms. The van der Waals surface area contributed by atoms with Gasteiger partial charge in [-0.1, -0.05) is 0 Å². The van der Waals surface area contributed by atoms with Crippen molar-refractivity contribution in [3.05, 3.63) is 54.4 Å². The molecule has 1 amide bonds. The van der Waals surface area contributed by atoms with Crippen LogP contribution in [0, 0.1) is 11.3 Å². The zero-order valence-corrected chi connectivity index (χ0v) is 24.8. The van der Waals surface area contributed by atoms with E-state index in [1.54, 1.807) is 6.07 Å². The summed E-state index contributed by atoms with van der Waals surface area (Å²) in [4.78, 5) is 30.7. The molecule has 3 aliphatic heterocycles. The summed E-state index contributed by atoms with van der Waals surface area (Å²) in [7, 11) is 0. The Labute approximate surface area is 259 Å². The van der Waals surface area contributed by atoms with Gasteiger partial charge in [-0.2, -0.15) is 10.2 Å². The number of amides is 1. The number of anilines is 3. The molecule has 2 unspecified atom stereocenters. The molecule has 1 aromatic heterocycles. The maximum Gasteiger partial charge on any atom is 0.301 e. The Morgan fingerprint density at radius 2 is 1.89 bits per heavy atom. The van der Waals surface area contributed by atoms with Crippen LogP contribution in [0.3, 0.4) is 0 Å². The third-order valence-corrected chi connectivity index (χ3v) is 8.34. The molecule has 3 fully saturated rings. The number of rotatable bonds is 8. The summed E-state index contributed by atoms with van der Waals surface area (Å²) in [6.07, 6.45) is -1.72. The van der Waals surface area contributed by atoms with Crippen molar-refractivity contribution in [2.45, 2.75) is 37.5 Å². The molecule has 3 saturated heterocycles. The Bertz CT molecular complexity index is 1560. The van der Waals surface area contributed by atoms with Gasteiger partial charge in [0.2, 0.25) is 5.95 Å². The number of piperidine rings is 1. The number of aliphatic hydroxyl groups excluding tert-OH is 1. The van der Waals surface area contributed by atoms with Crippen LogP contribution in [0.4, 0.5) is 26.1 Å². The molecule has 4 heterocycles. The second-order valence-corrected chi connectivity index (χ2v) is 11.4. The van der Waals surface area contributed by atoms with Crippen molar-refractivity contribution < 1.29 is 28.2 Å². The fraction of sp³-hybridized carbons (Fsp3) is 0.452. The minimum Gasteiger partial charge on any atom is -0.483 e. The van der Waals surface area contributed by atoms with E-state index in [9.17, 15) is 23.9 Å². The van der Waals surface area contributed by atoms with Crippen LogP contribution in [-0.4, -0.2) is 112 Å². The molecule has 236 valence electrons. The Morgan fingerprint density at radius 1 is 1.13 bits per heavy atom. The molecule has 3 aromatic rings. The first-order chi connectivity index (χ1) is 21.7. The predicted octanol–water partition coefficient (Wildman–Crippen LogP) is 2.67. The van der Waals surface area contributed by atoms with Crippen LogP contribution >= 0.6 is 0 Å². The molecule has 12 nitrogen and oxygen atoms in total. The zero-order chi connectivity index (χ0) is 31.6. The lowest BCUT2D eigenvalue weighted by atomic mass is 10.0. The highest BCUT2D eigenvalue weighted by Gasteiger charge is 2.48. The molecular formula is C31H34F2N8O4. The number of ether oxygens (including phenoxy) is 2. The van der Waals surface area contributed by atoms with Crippen LogP contribution < -0.4 is 15.0 Å². The molecule has 3 aliphatic rings. The first-order valence-corrected chi connectivity index (χ1v) is 14.9. The number of benzene rings is 2.